The third kappa shape index (κ3) is 4.17. The van der Waals surface area contributed by atoms with Gasteiger partial charge in [-0.05, 0) is 51.3 Å². The number of anilines is 1. The smallest absolute Gasteiger partial charge is 0.248 e. The topological polar surface area (TPSA) is 96.0 Å². The molecular weight excluding hydrogens is 438 g/mol. The van der Waals surface area contributed by atoms with E-state index < -0.39 is 16.1 Å². The number of amides is 2. The minimum atomic E-state index is -3.65. The van der Waals surface area contributed by atoms with E-state index in [0.29, 0.717) is 43.3 Å². The fraction of sp³-hybridized carbons (Fsp3) is 0.619. The van der Waals surface area contributed by atoms with Gasteiger partial charge >= 0.3 is 0 Å². The highest BCUT2D eigenvalue weighted by Gasteiger charge is 2.53. The molecule has 2 amide bonds. The van der Waals surface area contributed by atoms with Gasteiger partial charge in [0.05, 0.1) is 22.1 Å². The Hall–Kier alpha value is -1.78. The Morgan fingerprint density at radius 2 is 2.03 bits per heavy atom. The summed E-state index contributed by atoms with van der Waals surface area (Å²) in [6, 6.07) is 4.00. The van der Waals surface area contributed by atoms with Crippen molar-refractivity contribution in [3.8, 4) is 5.75 Å². The van der Waals surface area contributed by atoms with E-state index >= 15 is 0 Å². The molecule has 3 aliphatic rings. The fourth-order valence-corrected chi connectivity index (χ4v) is 7.51. The molecule has 3 fully saturated rings. The summed E-state index contributed by atoms with van der Waals surface area (Å²) in [5.41, 5.74) is 0.315. The minimum absolute atomic E-state index is 0.0147. The van der Waals surface area contributed by atoms with Gasteiger partial charge in [0.15, 0.2) is 0 Å². The van der Waals surface area contributed by atoms with Gasteiger partial charge in [0, 0.05) is 25.3 Å². The van der Waals surface area contributed by atoms with E-state index in [4.69, 9.17) is 4.74 Å². The Kier molecular flexibility index (Phi) is 6.24. The zero-order valence-corrected chi connectivity index (χ0v) is 19.6. The van der Waals surface area contributed by atoms with Crippen molar-refractivity contribution in [2.75, 3.05) is 30.8 Å². The average Bonchev–Trinajstić information content (AvgIpc) is 3.25. The lowest BCUT2D eigenvalue weighted by Gasteiger charge is -2.30. The van der Waals surface area contributed by atoms with Crippen LogP contribution in [0.4, 0.5) is 5.69 Å². The number of nitrogens with zero attached hydrogens (tertiary/aromatic N) is 2. The molecule has 1 aromatic carbocycles. The third-order valence-corrected chi connectivity index (χ3v) is 9.61. The molecule has 0 spiro atoms. The van der Waals surface area contributed by atoms with Crippen LogP contribution in [-0.4, -0.2) is 65.8 Å². The lowest BCUT2D eigenvalue weighted by atomic mass is 10.2. The maximum atomic E-state index is 13.1. The molecule has 3 heterocycles. The fourth-order valence-electron chi connectivity index (χ4n) is 4.53. The summed E-state index contributed by atoms with van der Waals surface area (Å²) >= 11 is 1.62. The molecule has 2 atom stereocenters. The number of hydrogen-bond donors (Lipinski definition) is 1. The number of nitrogens with one attached hydrogen (secondary N) is 1. The van der Waals surface area contributed by atoms with Gasteiger partial charge < -0.3 is 15.0 Å². The van der Waals surface area contributed by atoms with Crippen LogP contribution in [0.25, 0.3) is 0 Å². The average molecular weight is 468 g/mol. The Morgan fingerprint density at radius 1 is 1.29 bits per heavy atom. The molecule has 0 radical (unpaired) electrons. The zero-order valence-electron chi connectivity index (χ0n) is 17.9. The van der Waals surface area contributed by atoms with Crippen LogP contribution in [0, 0.1) is 0 Å². The van der Waals surface area contributed by atoms with Crippen LogP contribution in [0.5, 0.6) is 5.75 Å². The van der Waals surface area contributed by atoms with E-state index in [1.54, 1.807) is 22.7 Å². The van der Waals surface area contributed by atoms with Crippen LogP contribution in [0.2, 0.25) is 0 Å². The van der Waals surface area contributed by atoms with Crippen LogP contribution in [0.3, 0.4) is 0 Å². The van der Waals surface area contributed by atoms with Crippen molar-refractivity contribution in [3.05, 3.63) is 18.2 Å². The summed E-state index contributed by atoms with van der Waals surface area (Å²) in [5.74, 6) is 0.595. The van der Waals surface area contributed by atoms with Gasteiger partial charge in [-0.2, -0.15) is 4.31 Å². The largest absolute Gasteiger partial charge is 0.492 e. The van der Waals surface area contributed by atoms with Crippen LogP contribution >= 0.6 is 11.8 Å². The first-order chi connectivity index (χ1) is 14.8. The molecule has 31 heavy (non-hydrogen) atoms. The second-order valence-electron chi connectivity index (χ2n) is 8.31. The van der Waals surface area contributed by atoms with Gasteiger partial charge in [0.2, 0.25) is 21.8 Å². The second-order valence-corrected chi connectivity index (χ2v) is 11.7. The minimum Gasteiger partial charge on any atom is -0.492 e. The number of thioether (sulfide) groups is 1. The maximum Gasteiger partial charge on any atom is 0.248 e. The van der Waals surface area contributed by atoms with Crippen molar-refractivity contribution in [2.45, 2.75) is 61.8 Å². The molecular formula is C21H29N3O5S2. The predicted molar refractivity (Wildman–Crippen MR) is 120 cm³/mol. The van der Waals surface area contributed by atoms with Crippen molar-refractivity contribution in [2.24, 2.45) is 0 Å². The number of rotatable bonds is 6. The van der Waals surface area contributed by atoms with Crippen LogP contribution in [0.1, 0.15) is 46.0 Å². The summed E-state index contributed by atoms with van der Waals surface area (Å²) in [7, 11) is -3.65. The van der Waals surface area contributed by atoms with Gasteiger partial charge in [-0.1, -0.05) is 6.42 Å². The standard InChI is InChI=1S/C21H29N3O5S2/c1-3-29-18-8-7-15(31(27,28)23-11-5-4-6-12-23)13-16(18)22-20(26)17-14-30-21(2)10-9-19(25)24(17)21/h7-8,13,17H,3-6,9-12,14H2,1-2H3,(H,22,26)/t17-,21+/m1/s1. The Balaban J connectivity index is 1.60. The number of carbonyl (C=O) groups excluding carboxylic acids is 2. The number of sulfonamides is 1. The van der Waals surface area contributed by atoms with Gasteiger partial charge in [0.25, 0.3) is 0 Å². The van der Waals surface area contributed by atoms with Gasteiger partial charge in [-0.3, -0.25) is 9.59 Å². The Labute approximate surface area is 187 Å². The Morgan fingerprint density at radius 3 is 2.74 bits per heavy atom. The number of ether oxygens (including phenoxy) is 1. The van der Waals surface area contributed by atoms with Crippen molar-refractivity contribution < 1.29 is 22.7 Å². The number of hydrogen-bond acceptors (Lipinski definition) is 6. The van der Waals surface area contributed by atoms with Crippen molar-refractivity contribution in [1.29, 1.82) is 0 Å². The van der Waals surface area contributed by atoms with E-state index in [1.807, 2.05) is 13.8 Å². The highest BCUT2D eigenvalue weighted by atomic mass is 32.2. The lowest BCUT2D eigenvalue weighted by Crippen LogP contribution is -2.48. The number of benzene rings is 1. The van der Waals surface area contributed by atoms with Crippen LogP contribution < -0.4 is 10.1 Å². The number of fused-ring (bicyclic) bond motifs is 1. The Bertz CT molecular complexity index is 977. The molecule has 170 valence electrons. The number of carbonyl (C=O) groups is 2. The molecule has 0 saturated carbocycles. The molecule has 3 saturated heterocycles. The molecule has 4 rings (SSSR count). The first-order valence-corrected chi connectivity index (χ1v) is 13.2. The monoisotopic (exact) mass is 467 g/mol. The summed E-state index contributed by atoms with van der Waals surface area (Å²) in [4.78, 5) is 27.0. The first-order valence-electron chi connectivity index (χ1n) is 10.8. The first kappa shape index (κ1) is 22.4. The van der Waals surface area contributed by atoms with Crippen molar-refractivity contribution >= 4 is 39.3 Å². The molecule has 8 nitrogen and oxygen atoms in total. The zero-order chi connectivity index (χ0) is 22.2. The third-order valence-electron chi connectivity index (χ3n) is 6.21. The summed E-state index contributed by atoms with van der Waals surface area (Å²) in [6.07, 6.45) is 3.91. The molecule has 0 unspecified atom stereocenters. The van der Waals surface area contributed by atoms with Gasteiger partial charge in [-0.25, -0.2) is 8.42 Å². The van der Waals surface area contributed by atoms with E-state index in [0.717, 1.165) is 25.7 Å². The van der Waals surface area contributed by atoms with Crippen molar-refractivity contribution in [1.82, 2.24) is 9.21 Å². The van der Waals surface area contributed by atoms with Crippen molar-refractivity contribution in [3.63, 3.8) is 0 Å². The van der Waals surface area contributed by atoms with E-state index in [2.05, 4.69) is 5.32 Å². The molecule has 0 aromatic heterocycles. The predicted octanol–water partition coefficient (Wildman–Crippen LogP) is 2.65. The van der Waals surface area contributed by atoms with E-state index in [-0.39, 0.29) is 21.6 Å². The molecule has 0 bridgehead atoms. The second kappa shape index (κ2) is 8.63. The van der Waals surface area contributed by atoms with Crippen LogP contribution in [-0.2, 0) is 19.6 Å². The van der Waals surface area contributed by atoms with Crippen LogP contribution in [0.15, 0.2) is 23.1 Å². The maximum absolute atomic E-state index is 13.1. The summed E-state index contributed by atoms with van der Waals surface area (Å²) in [6.45, 7) is 5.21. The lowest BCUT2D eigenvalue weighted by molar-refractivity contribution is -0.135. The van der Waals surface area contributed by atoms with Gasteiger partial charge in [-0.15, -0.1) is 11.8 Å². The molecule has 0 aliphatic carbocycles. The molecule has 10 heteroatoms. The quantitative estimate of drug-likeness (QED) is 0.691. The van der Waals surface area contributed by atoms with E-state index in [1.165, 1.54) is 16.4 Å². The van der Waals surface area contributed by atoms with E-state index in [9.17, 15) is 18.0 Å². The highest BCUT2D eigenvalue weighted by molar-refractivity contribution is 8.01. The molecule has 3 aliphatic heterocycles. The summed E-state index contributed by atoms with van der Waals surface area (Å²) < 4.78 is 33.3. The highest BCUT2D eigenvalue weighted by Crippen LogP contribution is 2.47. The molecule has 1 N–H and O–H groups in total. The normalized spacial score (nSPS) is 26.7. The SMILES string of the molecule is CCOc1ccc(S(=O)(=O)N2CCCCC2)cc1NC(=O)[C@H]1CS[C@@]2(C)CCC(=O)N12. The number of piperidine rings is 1. The van der Waals surface area contributed by atoms with Gasteiger partial charge in [0.1, 0.15) is 11.8 Å². The molecule has 1 aromatic rings. The summed E-state index contributed by atoms with van der Waals surface area (Å²) in [5, 5.41) is 2.85.